The van der Waals surface area contributed by atoms with Crippen LogP contribution in [0.15, 0.2) is 30.7 Å². The van der Waals surface area contributed by atoms with Gasteiger partial charge in [-0.3, -0.25) is 0 Å². The molecular formula is C17H26N4O2. The van der Waals surface area contributed by atoms with Crippen LogP contribution in [0.3, 0.4) is 0 Å². The lowest BCUT2D eigenvalue weighted by Crippen LogP contribution is -2.46. The molecule has 6 nitrogen and oxygen atoms in total. The van der Waals surface area contributed by atoms with Gasteiger partial charge in [0.05, 0.1) is 6.10 Å². The molecule has 0 spiro atoms. The maximum absolute atomic E-state index is 11.9. The van der Waals surface area contributed by atoms with Crippen LogP contribution in [0.4, 0.5) is 4.79 Å². The Labute approximate surface area is 136 Å². The van der Waals surface area contributed by atoms with Crippen LogP contribution in [0, 0.1) is 11.3 Å². The molecular weight excluding hydrogens is 292 g/mol. The minimum absolute atomic E-state index is 0.149. The van der Waals surface area contributed by atoms with Gasteiger partial charge >= 0.3 is 6.03 Å². The predicted octanol–water partition coefficient (Wildman–Crippen LogP) is 2.18. The standard InChI is InChI=1S/C17H26N4O2/c1-12(2)15(22)17(3,4)11-20-16(23)19-10-13-5-7-21-8-6-18-14(21)9-13/h5-9,12,15,22H,10-11H2,1-4H3,(H2,19,20,23)/t15-/m0/s1. The molecule has 23 heavy (non-hydrogen) atoms. The average molecular weight is 318 g/mol. The zero-order valence-corrected chi connectivity index (χ0v) is 14.2. The molecule has 0 saturated heterocycles. The van der Waals surface area contributed by atoms with Gasteiger partial charge in [-0.15, -0.1) is 0 Å². The molecule has 0 fully saturated rings. The van der Waals surface area contributed by atoms with Crippen molar-refractivity contribution >= 4 is 11.7 Å². The molecule has 2 amide bonds. The van der Waals surface area contributed by atoms with E-state index in [9.17, 15) is 9.90 Å². The number of aliphatic hydroxyl groups excluding tert-OH is 1. The Balaban J connectivity index is 1.83. The quantitative estimate of drug-likeness (QED) is 0.764. The van der Waals surface area contributed by atoms with Gasteiger partial charge in [-0.25, -0.2) is 9.78 Å². The number of nitrogens with zero attached hydrogens (tertiary/aromatic N) is 2. The Morgan fingerprint density at radius 3 is 2.78 bits per heavy atom. The number of aromatic nitrogens is 2. The molecule has 0 aliphatic heterocycles. The lowest BCUT2D eigenvalue weighted by atomic mass is 9.81. The highest BCUT2D eigenvalue weighted by molar-refractivity contribution is 5.73. The molecule has 3 N–H and O–H groups in total. The van der Waals surface area contributed by atoms with Crippen molar-refractivity contribution in [3.8, 4) is 0 Å². The number of hydrogen-bond acceptors (Lipinski definition) is 3. The lowest BCUT2D eigenvalue weighted by Gasteiger charge is -2.33. The van der Waals surface area contributed by atoms with Gasteiger partial charge in [-0.2, -0.15) is 0 Å². The van der Waals surface area contributed by atoms with Crippen molar-refractivity contribution in [1.82, 2.24) is 20.0 Å². The van der Waals surface area contributed by atoms with Crippen molar-refractivity contribution in [2.75, 3.05) is 6.54 Å². The molecule has 0 radical (unpaired) electrons. The third-order valence-corrected chi connectivity index (χ3v) is 4.05. The fourth-order valence-electron chi connectivity index (χ4n) is 2.62. The topological polar surface area (TPSA) is 78.7 Å². The summed E-state index contributed by atoms with van der Waals surface area (Å²) >= 11 is 0. The SMILES string of the molecule is CC(C)[C@H](O)C(C)(C)CNC(=O)NCc1ccn2ccnc2c1. The van der Waals surface area contributed by atoms with Gasteiger partial charge in [-0.05, 0) is 23.6 Å². The number of carbonyl (C=O) groups excluding carboxylic acids is 1. The van der Waals surface area contributed by atoms with E-state index in [4.69, 9.17) is 0 Å². The van der Waals surface area contributed by atoms with Gasteiger partial charge in [0.25, 0.3) is 0 Å². The van der Waals surface area contributed by atoms with Crippen LogP contribution in [0.25, 0.3) is 5.65 Å². The highest BCUT2D eigenvalue weighted by atomic mass is 16.3. The van der Waals surface area contributed by atoms with Crippen LogP contribution in [0.2, 0.25) is 0 Å². The normalized spacial score (nSPS) is 13.3. The predicted molar refractivity (Wildman–Crippen MR) is 90.1 cm³/mol. The second kappa shape index (κ2) is 7.00. The number of nitrogens with one attached hydrogen (secondary N) is 2. The highest BCUT2D eigenvalue weighted by Crippen LogP contribution is 2.24. The fourth-order valence-corrected chi connectivity index (χ4v) is 2.62. The third kappa shape index (κ3) is 4.45. The van der Waals surface area contributed by atoms with Gasteiger partial charge in [0.1, 0.15) is 5.65 Å². The second-order valence-corrected chi connectivity index (χ2v) is 6.94. The molecule has 0 aliphatic rings. The maximum atomic E-state index is 11.9. The van der Waals surface area contributed by atoms with E-state index in [1.165, 1.54) is 0 Å². The number of urea groups is 1. The summed E-state index contributed by atoms with van der Waals surface area (Å²) in [6.45, 7) is 8.69. The first-order valence-electron chi connectivity index (χ1n) is 7.91. The minimum Gasteiger partial charge on any atom is -0.392 e. The number of aliphatic hydroxyl groups is 1. The van der Waals surface area contributed by atoms with E-state index in [1.807, 2.05) is 56.6 Å². The van der Waals surface area contributed by atoms with E-state index in [0.29, 0.717) is 13.1 Å². The Hall–Kier alpha value is -2.08. The van der Waals surface area contributed by atoms with Crippen LogP contribution in [0.5, 0.6) is 0 Å². The van der Waals surface area contributed by atoms with Crippen molar-refractivity contribution in [3.05, 3.63) is 36.3 Å². The van der Waals surface area contributed by atoms with E-state index < -0.39 is 6.10 Å². The first kappa shape index (κ1) is 17.3. The molecule has 2 aromatic heterocycles. The summed E-state index contributed by atoms with van der Waals surface area (Å²) in [4.78, 5) is 16.2. The monoisotopic (exact) mass is 318 g/mol. The summed E-state index contributed by atoms with van der Waals surface area (Å²) < 4.78 is 1.92. The molecule has 6 heteroatoms. The summed E-state index contributed by atoms with van der Waals surface area (Å²) in [5.41, 5.74) is 1.46. The van der Waals surface area contributed by atoms with Crippen molar-refractivity contribution < 1.29 is 9.90 Å². The number of imidazole rings is 1. The number of hydrogen-bond donors (Lipinski definition) is 3. The summed E-state index contributed by atoms with van der Waals surface area (Å²) in [5.74, 6) is 0.149. The van der Waals surface area contributed by atoms with Gasteiger partial charge < -0.3 is 20.1 Å². The van der Waals surface area contributed by atoms with E-state index in [-0.39, 0.29) is 17.4 Å². The Morgan fingerprint density at radius 2 is 2.09 bits per heavy atom. The number of fused-ring (bicyclic) bond motifs is 1. The minimum atomic E-state index is -0.467. The number of amides is 2. The highest BCUT2D eigenvalue weighted by Gasteiger charge is 2.30. The number of pyridine rings is 1. The van der Waals surface area contributed by atoms with Crippen LogP contribution < -0.4 is 10.6 Å². The van der Waals surface area contributed by atoms with Gasteiger partial charge in [-0.1, -0.05) is 27.7 Å². The summed E-state index contributed by atoms with van der Waals surface area (Å²) in [6.07, 6.45) is 5.06. The molecule has 0 unspecified atom stereocenters. The summed E-state index contributed by atoms with van der Waals surface area (Å²) in [7, 11) is 0. The van der Waals surface area contributed by atoms with Crippen LogP contribution in [-0.4, -0.2) is 33.2 Å². The van der Waals surface area contributed by atoms with E-state index in [0.717, 1.165) is 11.2 Å². The number of rotatable bonds is 6. The molecule has 2 aromatic rings. The van der Waals surface area contributed by atoms with E-state index in [2.05, 4.69) is 15.6 Å². The number of carbonyl (C=O) groups is 1. The van der Waals surface area contributed by atoms with Crippen molar-refractivity contribution in [3.63, 3.8) is 0 Å². The van der Waals surface area contributed by atoms with Crippen LogP contribution in [-0.2, 0) is 6.54 Å². The third-order valence-electron chi connectivity index (χ3n) is 4.05. The van der Waals surface area contributed by atoms with Crippen molar-refractivity contribution in [1.29, 1.82) is 0 Å². The van der Waals surface area contributed by atoms with E-state index >= 15 is 0 Å². The molecule has 0 saturated carbocycles. The lowest BCUT2D eigenvalue weighted by molar-refractivity contribution is 0.0151. The zero-order valence-electron chi connectivity index (χ0n) is 14.2. The fraction of sp³-hybridized carbons (Fsp3) is 0.529. The maximum Gasteiger partial charge on any atom is 0.315 e. The average Bonchev–Trinajstić information content (AvgIpc) is 2.97. The second-order valence-electron chi connectivity index (χ2n) is 6.94. The first-order valence-corrected chi connectivity index (χ1v) is 7.91. The summed E-state index contributed by atoms with van der Waals surface area (Å²) in [6, 6.07) is 3.64. The zero-order chi connectivity index (χ0) is 17.0. The van der Waals surface area contributed by atoms with Crippen LogP contribution >= 0.6 is 0 Å². The molecule has 0 aromatic carbocycles. The smallest absolute Gasteiger partial charge is 0.315 e. The van der Waals surface area contributed by atoms with Crippen molar-refractivity contribution in [2.45, 2.75) is 40.3 Å². The molecule has 126 valence electrons. The summed E-state index contributed by atoms with van der Waals surface area (Å²) in [5, 5.41) is 15.8. The van der Waals surface area contributed by atoms with Crippen LogP contribution in [0.1, 0.15) is 33.3 Å². The molecule has 0 aliphatic carbocycles. The molecule has 2 heterocycles. The van der Waals surface area contributed by atoms with Crippen molar-refractivity contribution in [2.24, 2.45) is 11.3 Å². The Kier molecular flexibility index (Phi) is 5.26. The van der Waals surface area contributed by atoms with Gasteiger partial charge in [0, 0.05) is 37.1 Å². The van der Waals surface area contributed by atoms with Gasteiger partial charge in [0.2, 0.25) is 0 Å². The molecule has 1 atom stereocenters. The Bertz CT molecular complexity index is 663. The molecule has 2 rings (SSSR count). The molecule has 0 bridgehead atoms. The van der Waals surface area contributed by atoms with Gasteiger partial charge in [0.15, 0.2) is 0 Å². The largest absolute Gasteiger partial charge is 0.392 e. The first-order chi connectivity index (χ1) is 10.8. The van der Waals surface area contributed by atoms with E-state index in [1.54, 1.807) is 6.20 Å². The Morgan fingerprint density at radius 1 is 1.35 bits per heavy atom.